The number of aryl methyl sites for hydroxylation is 1. The standard InChI is InChI=1S/C12H15N3O/c1-9-3-4-15(14-9)8-10-5-11(13)7-12(6-10)16-2/h3-7H,8,13H2,1-2H3. The first-order valence-electron chi connectivity index (χ1n) is 5.11. The number of anilines is 1. The molecule has 2 aromatic rings. The van der Waals surface area contributed by atoms with E-state index in [9.17, 15) is 0 Å². The smallest absolute Gasteiger partial charge is 0.121 e. The van der Waals surface area contributed by atoms with Gasteiger partial charge in [0.2, 0.25) is 0 Å². The SMILES string of the molecule is COc1cc(N)cc(Cn2ccc(C)n2)c1. The van der Waals surface area contributed by atoms with Crippen LogP contribution in [-0.2, 0) is 6.54 Å². The maximum Gasteiger partial charge on any atom is 0.121 e. The maximum atomic E-state index is 5.78. The van der Waals surface area contributed by atoms with Gasteiger partial charge in [0.25, 0.3) is 0 Å². The van der Waals surface area contributed by atoms with Gasteiger partial charge in [-0.05, 0) is 30.7 Å². The average molecular weight is 217 g/mol. The van der Waals surface area contributed by atoms with Gasteiger partial charge in [-0.15, -0.1) is 0 Å². The molecule has 84 valence electrons. The molecule has 1 heterocycles. The molecule has 0 aliphatic carbocycles. The molecule has 4 nitrogen and oxygen atoms in total. The summed E-state index contributed by atoms with van der Waals surface area (Å²) in [7, 11) is 1.64. The van der Waals surface area contributed by atoms with Gasteiger partial charge in [-0.25, -0.2) is 0 Å². The molecule has 0 spiro atoms. The summed E-state index contributed by atoms with van der Waals surface area (Å²) < 4.78 is 7.05. The van der Waals surface area contributed by atoms with Crippen molar-refractivity contribution < 1.29 is 4.74 Å². The van der Waals surface area contributed by atoms with Crippen LogP contribution in [0.4, 0.5) is 5.69 Å². The summed E-state index contributed by atoms with van der Waals surface area (Å²) >= 11 is 0. The first-order chi connectivity index (χ1) is 7.67. The van der Waals surface area contributed by atoms with Gasteiger partial charge in [0.05, 0.1) is 19.3 Å². The highest BCUT2D eigenvalue weighted by Gasteiger charge is 2.01. The Morgan fingerprint density at radius 2 is 2.19 bits per heavy atom. The molecular weight excluding hydrogens is 202 g/mol. The summed E-state index contributed by atoms with van der Waals surface area (Å²) in [6.07, 6.45) is 1.95. The number of rotatable bonds is 3. The molecule has 1 aromatic heterocycles. The third kappa shape index (κ3) is 2.34. The summed E-state index contributed by atoms with van der Waals surface area (Å²) in [5, 5.41) is 4.33. The quantitative estimate of drug-likeness (QED) is 0.798. The van der Waals surface area contributed by atoms with Crippen LogP contribution in [-0.4, -0.2) is 16.9 Å². The third-order valence-electron chi connectivity index (χ3n) is 2.34. The Balaban J connectivity index is 2.24. The van der Waals surface area contributed by atoms with Crippen LogP contribution in [0.25, 0.3) is 0 Å². The molecule has 0 saturated heterocycles. The summed E-state index contributed by atoms with van der Waals surface area (Å²) in [5.41, 5.74) is 8.58. The predicted octanol–water partition coefficient (Wildman–Crippen LogP) is 1.83. The first-order valence-corrected chi connectivity index (χ1v) is 5.11. The largest absolute Gasteiger partial charge is 0.497 e. The van der Waals surface area contributed by atoms with Crippen molar-refractivity contribution in [2.45, 2.75) is 13.5 Å². The van der Waals surface area contributed by atoms with Crippen LogP contribution >= 0.6 is 0 Å². The second-order valence-electron chi connectivity index (χ2n) is 3.77. The average Bonchev–Trinajstić information content (AvgIpc) is 2.63. The number of nitrogen functional groups attached to an aromatic ring is 1. The van der Waals surface area contributed by atoms with Gasteiger partial charge < -0.3 is 10.5 Å². The van der Waals surface area contributed by atoms with Crippen LogP contribution in [0.15, 0.2) is 30.5 Å². The molecule has 0 bridgehead atoms. The van der Waals surface area contributed by atoms with Crippen LogP contribution < -0.4 is 10.5 Å². The normalized spacial score (nSPS) is 10.4. The predicted molar refractivity (Wildman–Crippen MR) is 63.5 cm³/mol. The van der Waals surface area contributed by atoms with Crippen molar-refractivity contribution in [1.29, 1.82) is 0 Å². The molecule has 0 radical (unpaired) electrons. The fourth-order valence-electron chi connectivity index (χ4n) is 1.63. The minimum atomic E-state index is 0.704. The van der Waals surface area contributed by atoms with E-state index in [1.807, 2.05) is 36.0 Å². The number of hydrogen-bond acceptors (Lipinski definition) is 3. The molecule has 2 N–H and O–H groups in total. The van der Waals surface area contributed by atoms with Crippen LogP contribution in [0, 0.1) is 6.92 Å². The lowest BCUT2D eigenvalue weighted by Gasteiger charge is -2.06. The lowest BCUT2D eigenvalue weighted by Crippen LogP contribution is -2.01. The lowest BCUT2D eigenvalue weighted by molar-refractivity contribution is 0.414. The molecule has 1 aromatic carbocycles. The Bertz CT molecular complexity index is 491. The Morgan fingerprint density at radius 3 is 2.81 bits per heavy atom. The molecule has 0 aliphatic rings. The van der Waals surface area contributed by atoms with Crippen LogP contribution in [0.2, 0.25) is 0 Å². The van der Waals surface area contributed by atoms with Crippen molar-refractivity contribution in [3.8, 4) is 5.75 Å². The Labute approximate surface area is 94.6 Å². The zero-order valence-corrected chi connectivity index (χ0v) is 9.47. The summed E-state index contributed by atoms with van der Waals surface area (Å²) in [6, 6.07) is 7.67. The van der Waals surface area contributed by atoms with Gasteiger partial charge >= 0.3 is 0 Å². The topological polar surface area (TPSA) is 53.1 Å². The van der Waals surface area contributed by atoms with Crippen molar-refractivity contribution in [2.24, 2.45) is 0 Å². The number of ether oxygens (including phenoxy) is 1. The fourth-order valence-corrected chi connectivity index (χ4v) is 1.63. The Kier molecular flexibility index (Phi) is 2.81. The van der Waals surface area contributed by atoms with Gasteiger partial charge in [0.1, 0.15) is 5.75 Å². The van der Waals surface area contributed by atoms with Gasteiger partial charge in [-0.3, -0.25) is 4.68 Å². The van der Waals surface area contributed by atoms with E-state index in [4.69, 9.17) is 10.5 Å². The molecule has 4 heteroatoms. The van der Waals surface area contributed by atoms with Gasteiger partial charge in [-0.1, -0.05) is 0 Å². The van der Waals surface area contributed by atoms with Crippen molar-refractivity contribution in [3.63, 3.8) is 0 Å². The zero-order valence-electron chi connectivity index (χ0n) is 9.47. The number of aromatic nitrogens is 2. The highest BCUT2D eigenvalue weighted by molar-refractivity contribution is 5.47. The number of methoxy groups -OCH3 is 1. The van der Waals surface area contributed by atoms with E-state index in [2.05, 4.69) is 5.10 Å². The number of nitrogens with two attached hydrogens (primary N) is 1. The summed E-state index contributed by atoms with van der Waals surface area (Å²) in [4.78, 5) is 0. The van der Waals surface area contributed by atoms with Crippen molar-refractivity contribution in [1.82, 2.24) is 9.78 Å². The molecule has 16 heavy (non-hydrogen) atoms. The third-order valence-corrected chi connectivity index (χ3v) is 2.34. The molecular formula is C12H15N3O. The summed E-state index contributed by atoms with van der Waals surface area (Å²) in [5.74, 6) is 0.777. The van der Waals surface area contributed by atoms with E-state index in [-0.39, 0.29) is 0 Å². The molecule has 2 rings (SSSR count). The highest BCUT2D eigenvalue weighted by Crippen LogP contribution is 2.19. The lowest BCUT2D eigenvalue weighted by atomic mass is 10.2. The van der Waals surface area contributed by atoms with E-state index in [1.54, 1.807) is 13.2 Å². The number of hydrogen-bond donors (Lipinski definition) is 1. The molecule has 0 atom stereocenters. The minimum absolute atomic E-state index is 0.704. The van der Waals surface area contributed by atoms with E-state index < -0.39 is 0 Å². The summed E-state index contributed by atoms with van der Waals surface area (Å²) in [6.45, 7) is 2.67. The second-order valence-corrected chi connectivity index (χ2v) is 3.77. The van der Waals surface area contributed by atoms with E-state index >= 15 is 0 Å². The van der Waals surface area contributed by atoms with Crippen LogP contribution in [0.5, 0.6) is 5.75 Å². The number of nitrogens with zero attached hydrogens (tertiary/aromatic N) is 2. The monoisotopic (exact) mass is 217 g/mol. The van der Waals surface area contributed by atoms with Gasteiger partial charge in [0, 0.05) is 18.0 Å². The maximum absolute atomic E-state index is 5.78. The molecule has 0 amide bonds. The second kappa shape index (κ2) is 4.26. The van der Waals surface area contributed by atoms with Gasteiger partial charge in [-0.2, -0.15) is 5.10 Å². The Morgan fingerprint density at radius 1 is 1.38 bits per heavy atom. The van der Waals surface area contributed by atoms with Crippen LogP contribution in [0.1, 0.15) is 11.3 Å². The number of benzene rings is 1. The van der Waals surface area contributed by atoms with E-state index in [0.717, 1.165) is 17.0 Å². The highest BCUT2D eigenvalue weighted by atomic mass is 16.5. The van der Waals surface area contributed by atoms with E-state index in [1.165, 1.54) is 0 Å². The van der Waals surface area contributed by atoms with E-state index in [0.29, 0.717) is 12.2 Å². The first kappa shape index (κ1) is 10.5. The van der Waals surface area contributed by atoms with Crippen molar-refractivity contribution >= 4 is 5.69 Å². The minimum Gasteiger partial charge on any atom is -0.497 e. The molecule has 0 fully saturated rings. The molecule has 0 saturated carbocycles. The fraction of sp³-hybridized carbons (Fsp3) is 0.250. The van der Waals surface area contributed by atoms with Crippen molar-refractivity contribution in [3.05, 3.63) is 41.7 Å². The zero-order chi connectivity index (χ0) is 11.5. The van der Waals surface area contributed by atoms with Crippen LogP contribution in [0.3, 0.4) is 0 Å². The van der Waals surface area contributed by atoms with Gasteiger partial charge in [0.15, 0.2) is 0 Å². The molecule has 0 unspecified atom stereocenters. The molecule has 0 aliphatic heterocycles. The van der Waals surface area contributed by atoms with Crippen molar-refractivity contribution in [2.75, 3.05) is 12.8 Å². The Hall–Kier alpha value is -1.97.